The highest BCUT2D eigenvalue weighted by atomic mass is 35.5. The summed E-state index contributed by atoms with van der Waals surface area (Å²) in [6.07, 6.45) is 0. The molecule has 1 aromatic rings. The van der Waals surface area contributed by atoms with Gasteiger partial charge in [-0.25, -0.2) is 14.5 Å². The van der Waals surface area contributed by atoms with Crippen molar-refractivity contribution in [2.75, 3.05) is 0 Å². The van der Waals surface area contributed by atoms with Gasteiger partial charge < -0.3 is 5.11 Å². The number of hydrazine groups is 1. The Labute approximate surface area is 87.4 Å². The number of carbonyl (C=O) groups excluding carboxylic acids is 1. The molecule has 1 amide bonds. The lowest BCUT2D eigenvalue weighted by molar-refractivity contribution is -0.527. The lowest BCUT2D eigenvalue weighted by Gasteiger charge is -2.02. The first-order valence-corrected chi connectivity index (χ1v) is 3.93. The summed E-state index contributed by atoms with van der Waals surface area (Å²) in [6, 6.07) is 1.39. The lowest BCUT2D eigenvalue weighted by atomic mass is 10.2. The molecule has 8 heteroatoms. The van der Waals surface area contributed by atoms with Crippen LogP contribution in [-0.2, 0) is 0 Å². The van der Waals surface area contributed by atoms with Crippen molar-refractivity contribution < 1.29 is 19.3 Å². The number of carbonyl (C=O) groups is 1. The molecule has 0 aliphatic heterocycles. The number of hydrogen-bond donors (Lipinski definition) is 2. The van der Waals surface area contributed by atoms with Crippen LogP contribution in [0.4, 0.5) is 4.39 Å². The van der Waals surface area contributed by atoms with Gasteiger partial charge in [-0.05, 0) is 6.07 Å². The Bertz CT molecular complexity index is 437. The average molecular weight is 235 g/mol. The van der Waals surface area contributed by atoms with Gasteiger partial charge in [-0.15, -0.1) is 0 Å². The van der Waals surface area contributed by atoms with Gasteiger partial charge in [0.05, 0.1) is 10.6 Å². The molecule has 0 spiro atoms. The van der Waals surface area contributed by atoms with E-state index in [2.05, 4.69) is 0 Å². The van der Waals surface area contributed by atoms with Gasteiger partial charge in [0.2, 0.25) is 0 Å². The maximum absolute atomic E-state index is 12.7. The van der Waals surface area contributed by atoms with Crippen molar-refractivity contribution >= 4 is 17.5 Å². The van der Waals surface area contributed by atoms with Crippen LogP contribution in [0.1, 0.15) is 10.4 Å². The van der Waals surface area contributed by atoms with Crippen LogP contribution in [0.5, 0.6) is 5.75 Å². The molecule has 0 unspecified atom stereocenters. The summed E-state index contributed by atoms with van der Waals surface area (Å²) in [4.78, 5) is 21.0. The third kappa shape index (κ3) is 2.53. The maximum Gasteiger partial charge on any atom is 0.314 e. The number of phenolic OH excluding ortho intramolecular Hbond substituents is 1. The smallest absolute Gasteiger partial charge is 0.314 e. The number of amides is 1. The Morgan fingerprint density at radius 2 is 2.20 bits per heavy atom. The molecule has 15 heavy (non-hydrogen) atoms. The van der Waals surface area contributed by atoms with Gasteiger partial charge in [-0.2, -0.15) is 0 Å². The van der Waals surface area contributed by atoms with E-state index in [0.29, 0.717) is 6.07 Å². The first kappa shape index (κ1) is 11.2. The molecular weight excluding hydrogens is 231 g/mol. The monoisotopic (exact) mass is 234 g/mol. The van der Waals surface area contributed by atoms with Crippen LogP contribution in [0, 0.1) is 15.9 Å². The standard InChI is InChI=1S/C7H4ClFN2O4/c8-4-1-3(6(12)2-5(4)9)7(13)10-11(14)15/h1-2,12H,(H,10,13). The molecule has 1 aromatic carbocycles. The zero-order valence-corrected chi connectivity index (χ0v) is 7.79. The van der Waals surface area contributed by atoms with Crippen molar-refractivity contribution in [3.63, 3.8) is 0 Å². The lowest BCUT2D eigenvalue weighted by Crippen LogP contribution is -2.29. The third-order valence-corrected chi connectivity index (χ3v) is 1.77. The number of nitrogens with zero attached hydrogens (tertiary/aromatic N) is 1. The number of nitrogens with one attached hydrogen (secondary N) is 1. The summed E-state index contributed by atoms with van der Waals surface area (Å²) >= 11 is 5.33. The van der Waals surface area contributed by atoms with Crippen molar-refractivity contribution in [3.8, 4) is 5.75 Å². The first-order chi connectivity index (χ1) is 6.91. The first-order valence-electron chi connectivity index (χ1n) is 3.55. The Hall–Kier alpha value is -1.89. The van der Waals surface area contributed by atoms with Crippen molar-refractivity contribution in [1.29, 1.82) is 0 Å². The van der Waals surface area contributed by atoms with Crippen molar-refractivity contribution in [1.82, 2.24) is 5.43 Å². The highest BCUT2D eigenvalue weighted by Gasteiger charge is 2.17. The van der Waals surface area contributed by atoms with Crippen LogP contribution in [-0.4, -0.2) is 16.0 Å². The molecule has 2 N–H and O–H groups in total. The zero-order chi connectivity index (χ0) is 11.6. The summed E-state index contributed by atoms with van der Waals surface area (Å²) in [5.74, 6) is -2.83. The Balaban J connectivity index is 3.09. The molecule has 1 rings (SSSR count). The van der Waals surface area contributed by atoms with Gasteiger partial charge in [0, 0.05) is 6.07 Å². The van der Waals surface area contributed by atoms with E-state index < -0.39 is 33.1 Å². The minimum absolute atomic E-state index is 0.415. The topological polar surface area (TPSA) is 92.5 Å². The number of phenols is 1. The van der Waals surface area contributed by atoms with Crippen LogP contribution >= 0.6 is 11.6 Å². The van der Waals surface area contributed by atoms with Crippen LogP contribution in [0.15, 0.2) is 12.1 Å². The molecule has 0 heterocycles. The number of aromatic hydroxyl groups is 1. The van der Waals surface area contributed by atoms with E-state index in [-0.39, 0.29) is 0 Å². The van der Waals surface area contributed by atoms with E-state index in [9.17, 15) is 19.3 Å². The van der Waals surface area contributed by atoms with Crippen LogP contribution < -0.4 is 5.43 Å². The van der Waals surface area contributed by atoms with Gasteiger partial charge in [-0.3, -0.25) is 4.79 Å². The fourth-order valence-corrected chi connectivity index (χ4v) is 1.03. The van der Waals surface area contributed by atoms with Gasteiger partial charge in [0.15, 0.2) is 5.03 Å². The number of nitro groups is 1. The molecule has 0 saturated carbocycles. The quantitative estimate of drug-likeness (QED) is 0.592. The van der Waals surface area contributed by atoms with E-state index >= 15 is 0 Å². The van der Waals surface area contributed by atoms with E-state index in [1.165, 1.54) is 5.43 Å². The molecule has 6 nitrogen and oxygen atoms in total. The maximum atomic E-state index is 12.7. The summed E-state index contributed by atoms with van der Waals surface area (Å²) in [6.45, 7) is 0. The molecule has 0 atom stereocenters. The van der Waals surface area contributed by atoms with Crippen LogP contribution in [0.25, 0.3) is 0 Å². The second kappa shape index (κ2) is 4.09. The van der Waals surface area contributed by atoms with Gasteiger partial charge in [-0.1, -0.05) is 17.0 Å². The Morgan fingerprint density at radius 1 is 1.60 bits per heavy atom. The van der Waals surface area contributed by atoms with E-state index in [1.807, 2.05) is 0 Å². The highest BCUT2D eigenvalue weighted by molar-refractivity contribution is 6.31. The summed E-state index contributed by atoms with van der Waals surface area (Å²) in [7, 11) is 0. The predicted molar refractivity (Wildman–Crippen MR) is 47.5 cm³/mol. The van der Waals surface area contributed by atoms with Crippen molar-refractivity contribution in [2.24, 2.45) is 0 Å². The van der Waals surface area contributed by atoms with Gasteiger partial charge in [0.1, 0.15) is 11.6 Å². The minimum Gasteiger partial charge on any atom is -0.507 e. The Morgan fingerprint density at radius 3 is 2.73 bits per heavy atom. The molecule has 0 saturated heterocycles. The molecule has 0 fully saturated rings. The number of benzene rings is 1. The summed E-state index contributed by atoms with van der Waals surface area (Å²) in [5, 5.41) is 17.5. The van der Waals surface area contributed by atoms with Crippen LogP contribution in [0.2, 0.25) is 5.02 Å². The minimum atomic E-state index is -1.18. The second-order valence-corrected chi connectivity index (χ2v) is 2.89. The molecule has 0 aromatic heterocycles. The molecule has 80 valence electrons. The normalized spacial score (nSPS) is 9.73. The average Bonchev–Trinajstić information content (AvgIpc) is 2.09. The van der Waals surface area contributed by atoms with Gasteiger partial charge >= 0.3 is 5.91 Å². The predicted octanol–water partition coefficient (Wildman–Crippen LogP) is 1.11. The van der Waals surface area contributed by atoms with E-state index in [0.717, 1.165) is 6.07 Å². The Kier molecular flexibility index (Phi) is 3.05. The largest absolute Gasteiger partial charge is 0.507 e. The molecule has 0 bridgehead atoms. The fourth-order valence-electron chi connectivity index (χ4n) is 0.861. The van der Waals surface area contributed by atoms with Crippen molar-refractivity contribution in [3.05, 3.63) is 38.7 Å². The zero-order valence-electron chi connectivity index (χ0n) is 7.03. The summed E-state index contributed by atoms with van der Waals surface area (Å²) < 4.78 is 12.7. The van der Waals surface area contributed by atoms with Crippen molar-refractivity contribution in [2.45, 2.75) is 0 Å². The third-order valence-electron chi connectivity index (χ3n) is 1.48. The second-order valence-electron chi connectivity index (χ2n) is 2.48. The molecule has 0 aliphatic rings. The molecular formula is C7H4ClFN2O4. The molecule has 0 radical (unpaired) electrons. The van der Waals surface area contributed by atoms with Gasteiger partial charge in [0.25, 0.3) is 0 Å². The number of rotatable bonds is 2. The fraction of sp³-hybridized carbons (Fsp3) is 0. The van der Waals surface area contributed by atoms with Crippen LogP contribution in [0.3, 0.4) is 0 Å². The van der Waals surface area contributed by atoms with E-state index in [4.69, 9.17) is 16.7 Å². The number of halogens is 2. The molecule has 0 aliphatic carbocycles. The highest BCUT2D eigenvalue weighted by Crippen LogP contribution is 2.24. The SMILES string of the molecule is O=C(N[N+](=O)[O-])c1cc(Cl)c(F)cc1O. The number of hydrogen-bond acceptors (Lipinski definition) is 4. The summed E-state index contributed by atoms with van der Waals surface area (Å²) in [5.41, 5.74) is 0.815. The van der Waals surface area contributed by atoms with E-state index in [1.54, 1.807) is 0 Å².